The highest BCUT2D eigenvalue weighted by atomic mass is 35.5. The van der Waals surface area contributed by atoms with Crippen LogP contribution in [0.3, 0.4) is 0 Å². The highest BCUT2D eigenvalue weighted by Gasteiger charge is 2.21. The second kappa shape index (κ2) is 5.82. The van der Waals surface area contributed by atoms with Gasteiger partial charge in [-0.05, 0) is 24.3 Å². The van der Waals surface area contributed by atoms with Gasteiger partial charge >= 0.3 is 0 Å². The van der Waals surface area contributed by atoms with E-state index in [4.69, 9.17) is 16.0 Å². The van der Waals surface area contributed by atoms with Gasteiger partial charge in [-0.3, -0.25) is 0 Å². The Morgan fingerprint density at radius 3 is 2.75 bits per heavy atom. The molecule has 20 heavy (non-hydrogen) atoms. The molecule has 0 aromatic carbocycles. The van der Waals surface area contributed by atoms with Gasteiger partial charge < -0.3 is 9.73 Å². The van der Waals surface area contributed by atoms with Gasteiger partial charge in [-0.2, -0.15) is 0 Å². The highest BCUT2D eigenvalue weighted by molar-refractivity contribution is 7.88. The summed E-state index contributed by atoms with van der Waals surface area (Å²) in [6.45, 7) is 0.314. The van der Waals surface area contributed by atoms with E-state index in [1.165, 1.54) is 20.2 Å². The molecule has 2 heterocycles. The minimum absolute atomic E-state index is 0.0865. The number of pyridine rings is 1. The van der Waals surface area contributed by atoms with E-state index in [0.29, 0.717) is 23.1 Å². The van der Waals surface area contributed by atoms with E-state index in [1.807, 2.05) is 0 Å². The number of furan rings is 1. The van der Waals surface area contributed by atoms with Gasteiger partial charge in [-0.1, -0.05) is 11.6 Å². The number of nitrogens with one attached hydrogen (secondary N) is 1. The van der Waals surface area contributed by atoms with E-state index < -0.39 is 10.0 Å². The Bertz CT molecular complexity index is 697. The van der Waals surface area contributed by atoms with Crippen LogP contribution < -0.4 is 5.32 Å². The molecule has 2 aromatic heterocycles. The third kappa shape index (κ3) is 3.12. The molecule has 0 amide bonds. The van der Waals surface area contributed by atoms with Gasteiger partial charge in [0.25, 0.3) is 10.0 Å². The fraction of sp³-hybridized carbons (Fsp3) is 0.250. The van der Waals surface area contributed by atoms with Crippen molar-refractivity contribution in [3.05, 3.63) is 41.4 Å². The minimum atomic E-state index is -3.55. The topological polar surface area (TPSA) is 75.4 Å². The second-order valence-corrected chi connectivity index (χ2v) is 6.64. The molecular formula is C12H14ClN3O3S. The summed E-state index contributed by atoms with van der Waals surface area (Å²) in [6.07, 6.45) is 1.59. The van der Waals surface area contributed by atoms with Crippen LogP contribution in [0.2, 0.25) is 5.15 Å². The molecule has 0 radical (unpaired) electrons. The van der Waals surface area contributed by atoms with Crippen molar-refractivity contribution < 1.29 is 12.8 Å². The Balaban J connectivity index is 2.10. The van der Waals surface area contributed by atoms with Crippen LogP contribution in [0.15, 0.2) is 40.0 Å². The maximum atomic E-state index is 11.9. The number of hydrogen-bond donors (Lipinski definition) is 1. The van der Waals surface area contributed by atoms with Crippen molar-refractivity contribution in [2.24, 2.45) is 0 Å². The monoisotopic (exact) mass is 315 g/mol. The van der Waals surface area contributed by atoms with Crippen molar-refractivity contribution in [2.75, 3.05) is 19.4 Å². The van der Waals surface area contributed by atoms with E-state index in [2.05, 4.69) is 10.3 Å². The van der Waals surface area contributed by atoms with E-state index in [9.17, 15) is 8.42 Å². The van der Waals surface area contributed by atoms with Crippen molar-refractivity contribution >= 4 is 27.3 Å². The molecule has 6 nitrogen and oxygen atoms in total. The largest absolute Gasteiger partial charge is 0.446 e. The SMILES string of the molecule is CN(C)S(=O)(=O)c1ccc(CNc2cccnc2Cl)o1. The quantitative estimate of drug-likeness (QED) is 0.856. The fourth-order valence-electron chi connectivity index (χ4n) is 1.47. The average Bonchev–Trinajstić information content (AvgIpc) is 2.87. The molecule has 0 spiro atoms. The number of anilines is 1. The van der Waals surface area contributed by atoms with Crippen molar-refractivity contribution in [2.45, 2.75) is 11.6 Å². The Hall–Kier alpha value is -1.57. The van der Waals surface area contributed by atoms with Crippen LogP contribution in [0.25, 0.3) is 0 Å². The molecule has 2 rings (SSSR count). The zero-order chi connectivity index (χ0) is 14.8. The molecular weight excluding hydrogens is 302 g/mol. The predicted molar refractivity (Wildman–Crippen MR) is 76.2 cm³/mol. The average molecular weight is 316 g/mol. The maximum Gasteiger partial charge on any atom is 0.275 e. The summed E-state index contributed by atoms with van der Waals surface area (Å²) >= 11 is 5.90. The van der Waals surface area contributed by atoms with Crippen LogP contribution in [0.4, 0.5) is 5.69 Å². The lowest BCUT2D eigenvalue weighted by atomic mass is 10.4. The van der Waals surface area contributed by atoms with Gasteiger partial charge in [0.05, 0.1) is 12.2 Å². The zero-order valence-electron chi connectivity index (χ0n) is 11.0. The number of sulfonamides is 1. The lowest BCUT2D eigenvalue weighted by Gasteiger charge is -2.08. The Labute approximate surface area is 122 Å². The van der Waals surface area contributed by atoms with Gasteiger partial charge in [0.15, 0.2) is 5.15 Å². The van der Waals surface area contributed by atoms with Crippen molar-refractivity contribution in [3.63, 3.8) is 0 Å². The number of halogens is 1. The van der Waals surface area contributed by atoms with Crippen LogP contribution in [-0.2, 0) is 16.6 Å². The zero-order valence-corrected chi connectivity index (χ0v) is 12.6. The predicted octanol–water partition coefficient (Wildman–Crippen LogP) is 2.19. The number of nitrogens with zero attached hydrogens (tertiary/aromatic N) is 2. The Morgan fingerprint density at radius 1 is 1.35 bits per heavy atom. The summed E-state index contributed by atoms with van der Waals surface area (Å²) in [5.74, 6) is 0.491. The van der Waals surface area contributed by atoms with Gasteiger partial charge in [0.1, 0.15) is 5.76 Å². The van der Waals surface area contributed by atoms with Gasteiger partial charge in [-0.15, -0.1) is 0 Å². The molecule has 0 atom stereocenters. The molecule has 108 valence electrons. The molecule has 0 bridgehead atoms. The molecule has 1 N–H and O–H groups in total. The molecule has 0 fully saturated rings. The first-order chi connectivity index (χ1) is 9.41. The number of rotatable bonds is 5. The normalized spacial score (nSPS) is 11.8. The standard InChI is InChI=1S/C12H14ClN3O3S/c1-16(2)20(17,18)11-6-5-9(19-11)8-15-10-4-3-7-14-12(10)13/h3-7,15H,8H2,1-2H3. The van der Waals surface area contributed by atoms with Crippen LogP contribution >= 0.6 is 11.6 Å². The summed E-state index contributed by atoms with van der Waals surface area (Å²) in [5, 5.41) is 3.29. The third-order valence-electron chi connectivity index (χ3n) is 2.58. The van der Waals surface area contributed by atoms with E-state index in [1.54, 1.807) is 24.4 Å². The summed E-state index contributed by atoms with van der Waals surface area (Å²) in [6, 6.07) is 6.55. The summed E-state index contributed by atoms with van der Waals surface area (Å²) < 4.78 is 30.1. The van der Waals surface area contributed by atoms with Gasteiger partial charge in [0.2, 0.25) is 5.09 Å². The van der Waals surface area contributed by atoms with Crippen molar-refractivity contribution in [3.8, 4) is 0 Å². The fourth-order valence-corrected chi connectivity index (χ4v) is 2.47. The third-order valence-corrected chi connectivity index (χ3v) is 4.57. The Morgan fingerprint density at radius 2 is 2.10 bits per heavy atom. The molecule has 8 heteroatoms. The maximum absolute atomic E-state index is 11.9. The first-order valence-electron chi connectivity index (χ1n) is 5.77. The minimum Gasteiger partial charge on any atom is -0.446 e. The molecule has 2 aromatic rings. The second-order valence-electron chi connectivity index (χ2n) is 4.20. The lowest BCUT2D eigenvalue weighted by Crippen LogP contribution is -2.21. The van der Waals surface area contributed by atoms with Crippen LogP contribution in [0.5, 0.6) is 0 Å². The highest BCUT2D eigenvalue weighted by Crippen LogP contribution is 2.20. The summed E-state index contributed by atoms with van der Waals surface area (Å²) in [7, 11) is -0.648. The van der Waals surface area contributed by atoms with Crippen molar-refractivity contribution in [1.29, 1.82) is 0 Å². The molecule has 0 saturated heterocycles. The first kappa shape index (κ1) is 14.8. The lowest BCUT2D eigenvalue weighted by molar-refractivity contribution is 0.402. The molecule has 0 aliphatic rings. The summed E-state index contributed by atoms with van der Waals surface area (Å²) in [5.41, 5.74) is 0.655. The van der Waals surface area contributed by atoms with Gasteiger partial charge in [0, 0.05) is 20.3 Å². The van der Waals surface area contributed by atoms with E-state index in [0.717, 1.165) is 4.31 Å². The van der Waals surface area contributed by atoms with E-state index in [-0.39, 0.29) is 5.09 Å². The van der Waals surface area contributed by atoms with Crippen LogP contribution in [-0.4, -0.2) is 31.8 Å². The smallest absolute Gasteiger partial charge is 0.275 e. The molecule has 0 aliphatic carbocycles. The summed E-state index contributed by atoms with van der Waals surface area (Å²) in [4.78, 5) is 3.93. The molecule has 0 aliphatic heterocycles. The van der Waals surface area contributed by atoms with E-state index >= 15 is 0 Å². The van der Waals surface area contributed by atoms with Crippen LogP contribution in [0.1, 0.15) is 5.76 Å². The molecule has 0 unspecified atom stereocenters. The molecule has 0 saturated carbocycles. The first-order valence-corrected chi connectivity index (χ1v) is 7.58. The number of aromatic nitrogens is 1. The number of hydrogen-bond acceptors (Lipinski definition) is 5. The van der Waals surface area contributed by atoms with Crippen LogP contribution in [0, 0.1) is 0 Å². The van der Waals surface area contributed by atoms with Crippen molar-refractivity contribution in [1.82, 2.24) is 9.29 Å². The van der Waals surface area contributed by atoms with Gasteiger partial charge in [-0.25, -0.2) is 17.7 Å². The Kier molecular flexibility index (Phi) is 4.32.